The van der Waals surface area contributed by atoms with Crippen LogP contribution in [-0.4, -0.2) is 28.3 Å². The van der Waals surface area contributed by atoms with Crippen LogP contribution < -0.4 is 11.1 Å². The monoisotopic (exact) mass is 490 g/mol. The Balaban J connectivity index is 1.77. The summed E-state index contributed by atoms with van der Waals surface area (Å²) < 4.78 is 40.9. The summed E-state index contributed by atoms with van der Waals surface area (Å²) in [7, 11) is 0. The van der Waals surface area contributed by atoms with Crippen molar-refractivity contribution in [1.82, 2.24) is 15.1 Å². The van der Waals surface area contributed by atoms with Gasteiger partial charge >= 0.3 is 6.18 Å². The number of aryl methyl sites for hydroxylation is 1. The molecule has 1 amide bonds. The number of amides is 1. The fraction of sp³-hybridized carbons (Fsp3) is 0.300. The van der Waals surface area contributed by atoms with Crippen LogP contribution in [-0.2, 0) is 19.1 Å². The number of nitrogens with one attached hydrogen (secondary N) is 1. The van der Waals surface area contributed by atoms with Crippen LogP contribution >= 0.6 is 34.5 Å². The zero-order valence-electron chi connectivity index (χ0n) is 16.3. The van der Waals surface area contributed by atoms with E-state index in [1.165, 1.54) is 12.3 Å². The van der Waals surface area contributed by atoms with Crippen molar-refractivity contribution >= 4 is 40.4 Å². The Labute approximate surface area is 191 Å². The minimum absolute atomic E-state index is 0.0579. The summed E-state index contributed by atoms with van der Waals surface area (Å²) >= 11 is 13.7. The van der Waals surface area contributed by atoms with Crippen LogP contribution in [0.3, 0.4) is 0 Å². The molecule has 166 valence electrons. The Morgan fingerprint density at radius 3 is 2.71 bits per heavy atom. The van der Waals surface area contributed by atoms with Gasteiger partial charge in [-0.1, -0.05) is 41.4 Å². The second-order valence-corrected chi connectivity index (χ2v) is 8.82. The van der Waals surface area contributed by atoms with Gasteiger partial charge in [-0.15, -0.1) is 11.3 Å². The van der Waals surface area contributed by atoms with Gasteiger partial charge in [-0.3, -0.25) is 9.48 Å². The van der Waals surface area contributed by atoms with Crippen LogP contribution in [0, 0.1) is 0 Å². The van der Waals surface area contributed by atoms with Crippen LogP contribution in [0.4, 0.5) is 13.2 Å². The predicted octanol–water partition coefficient (Wildman–Crippen LogP) is 5.26. The van der Waals surface area contributed by atoms with Gasteiger partial charge in [0.2, 0.25) is 0 Å². The maximum absolute atomic E-state index is 12.9. The first-order chi connectivity index (χ1) is 14.6. The smallest absolute Gasteiger partial charge is 0.347 e. The highest BCUT2D eigenvalue weighted by atomic mass is 35.5. The van der Waals surface area contributed by atoms with Gasteiger partial charge in [-0.05, 0) is 31.0 Å². The molecule has 0 radical (unpaired) electrons. The average Bonchev–Trinajstić information content (AvgIpc) is 3.28. The number of hydrogen-bond donors (Lipinski definition) is 2. The highest BCUT2D eigenvalue weighted by molar-refractivity contribution is 7.18. The van der Waals surface area contributed by atoms with Crippen molar-refractivity contribution in [1.29, 1.82) is 0 Å². The highest BCUT2D eigenvalue weighted by Gasteiger charge is 2.30. The molecule has 0 fully saturated rings. The van der Waals surface area contributed by atoms with Crippen molar-refractivity contribution < 1.29 is 18.0 Å². The molecule has 1 unspecified atom stereocenters. The number of thiophene rings is 1. The molecule has 0 aliphatic carbocycles. The van der Waals surface area contributed by atoms with Crippen molar-refractivity contribution in [3.63, 3.8) is 0 Å². The molecule has 1 aromatic carbocycles. The summed E-state index contributed by atoms with van der Waals surface area (Å²) in [5.74, 6) is -0.417. The third kappa shape index (κ3) is 5.41. The molecule has 11 heteroatoms. The van der Waals surface area contributed by atoms with Gasteiger partial charge in [0, 0.05) is 24.7 Å². The number of halogens is 5. The van der Waals surface area contributed by atoms with Crippen LogP contribution in [0.2, 0.25) is 9.36 Å². The van der Waals surface area contributed by atoms with E-state index in [1.807, 2.05) is 6.92 Å². The maximum Gasteiger partial charge on any atom is 0.416 e. The van der Waals surface area contributed by atoms with Crippen molar-refractivity contribution in [2.45, 2.75) is 32.1 Å². The van der Waals surface area contributed by atoms with Gasteiger partial charge < -0.3 is 11.1 Å². The zero-order chi connectivity index (χ0) is 22.8. The Hall–Kier alpha value is -2.07. The second-order valence-electron chi connectivity index (χ2n) is 6.76. The summed E-state index contributed by atoms with van der Waals surface area (Å²) in [6, 6.07) is 6.03. The second kappa shape index (κ2) is 9.60. The summed E-state index contributed by atoms with van der Waals surface area (Å²) in [6.45, 7) is 2.53. The topological polar surface area (TPSA) is 72.9 Å². The molecule has 0 aliphatic heterocycles. The van der Waals surface area contributed by atoms with E-state index in [2.05, 4.69) is 10.4 Å². The number of alkyl halides is 3. The van der Waals surface area contributed by atoms with Crippen LogP contribution in [0.1, 0.15) is 27.7 Å². The van der Waals surface area contributed by atoms with E-state index in [-0.39, 0.29) is 13.0 Å². The first-order valence-electron chi connectivity index (χ1n) is 9.32. The van der Waals surface area contributed by atoms with Gasteiger partial charge in [0.1, 0.15) is 4.34 Å². The van der Waals surface area contributed by atoms with Crippen LogP contribution in [0.15, 0.2) is 36.5 Å². The molecule has 5 nitrogen and oxygen atoms in total. The quantitative estimate of drug-likeness (QED) is 0.474. The molecule has 0 saturated carbocycles. The predicted molar refractivity (Wildman–Crippen MR) is 117 cm³/mol. The minimum Gasteiger partial charge on any atom is -0.347 e. The van der Waals surface area contributed by atoms with Crippen molar-refractivity contribution in [3.05, 3.63) is 61.9 Å². The fourth-order valence-electron chi connectivity index (χ4n) is 3.12. The number of carbonyl (C=O) groups excluding carboxylic acids is 1. The van der Waals surface area contributed by atoms with E-state index in [0.717, 1.165) is 23.5 Å². The molecule has 3 aromatic rings. The number of carbonyl (C=O) groups is 1. The first-order valence-corrected chi connectivity index (χ1v) is 10.9. The third-order valence-corrected chi connectivity index (χ3v) is 6.25. The average molecular weight is 491 g/mol. The molecule has 2 aromatic heterocycles. The number of aromatic nitrogens is 2. The SMILES string of the molecule is CCn1ncc(Cl)c1-c1cc(C(=O)NC(CN)Cc2cccc(C(F)(F)F)c2)sc1Cl. The Morgan fingerprint density at radius 2 is 2.06 bits per heavy atom. The van der Waals surface area contributed by atoms with E-state index >= 15 is 0 Å². The Morgan fingerprint density at radius 1 is 1.32 bits per heavy atom. The molecule has 31 heavy (non-hydrogen) atoms. The Kier molecular flexibility index (Phi) is 7.31. The lowest BCUT2D eigenvalue weighted by Crippen LogP contribution is -2.41. The van der Waals surface area contributed by atoms with Crippen molar-refractivity contribution in [2.75, 3.05) is 6.54 Å². The van der Waals surface area contributed by atoms with E-state index < -0.39 is 23.7 Å². The molecule has 0 spiro atoms. The van der Waals surface area contributed by atoms with Gasteiger partial charge in [0.25, 0.3) is 5.91 Å². The third-order valence-electron chi connectivity index (χ3n) is 4.62. The summed E-state index contributed by atoms with van der Waals surface area (Å²) in [6.07, 6.45) is -2.77. The first kappa shape index (κ1) is 23.6. The van der Waals surface area contributed by atoms with Crippen LogP contribution in [0.5, 0.6) is 0 Å². The van der Waals surface area contributed by atoms with E-state index in [1.54, 1.807) is 16.8 Å². The molecule has 2 heterocycles. The molecule has 3 N–H and O–H groups in total. The minimum atomic E-state index is -4.44. The lowest BCUT2D eigenvalue weighted by atomic mass is 10.0. The number of nitrogens with zero attached hydrogens (tertiary/aromatic N) is 2. The number of hydrogen-bond acceptors (Lipinski definition) is 4. The lowest BCUT2D eigenvalue weighted by Gasteiger charge is -2.17. The fourth-order valence-corrected chi connectivity index (χ4v) is 4.54. The molecule has 0 aliphatic rings. The highest BCUT2D eigenvalue weighted by Crippen LogP contribution is 2.39. The zero-order valence-corrected chi connectivity index (χ0v) is 18.7. The standard InChI is InChI=1S/C20H19Cl2F3N4OS/c1-2-29-17(15(21)10-27-29)14-8-16(31-18(14)22)19(30)28-13(9-26)7-11-4-3-5-12(6-11)20(23,24)25/h3-6,8,10,13H,2,7,9,26H2,1H3,(H,28,30). The largest absolute Gasteiger partial charge is 0.416 e. The number of nitrogens with two attached hydrogens (primary N) is 1. The number of benzene rings is 1. The van der Waals surface area contributed by atoms with Gasteiger partial charge in [-0.2, -0.15) is 18.3 Å². The molecule has 0 bridgehead atoms. The lowest BCUT2D eigenvalue weighted by molar-refractivity contribution is -0.137. The molecule has 0 saturated heterocycles. The van der Waals surface area contributed by atoms with Crippen LogP contribution in [0.25, 0.3) is 11.3 Å². The summed E-state index contributed by atoms with van der Waals surface area (Å²) in [5, 5.41) is 7.36. The van der Waals surface area contributed by atoms with Crippen molar-refractivity contribution in [2.24, 2.45) is 5.73 Å². The normalized spacial score (nSPS) is 12.7. The maximum atomic E-state index is 12.9. The summed E-state index contributed by atoms with van der Waals surface area (Å²) in [4.78, 5) is 13.1. The summed E-state index contributed by atoms with van der Waals surface area (Å²) in [5.41, 5.74) is 6.63. The van der Waals surface area contributed by atoms with Crippen molar-refractivity contribution in [3.8, 4) is 11.3 Å². The van der Waals surface area contributed by atoms with E-state index in [9.17, 15) is 18.0 Å². The van der Waals surface area contributed by atoms with Gasteiger partial charge in [0.05, 0.1) is 27.4 Å². The molecular formula is C20H19Cl2F3N4OS. The molecular weight excluding hydrogens is 472 g/mol. The van der Waals surface area contributed by atoms with E-state index in [4.69, 9.17) is 28.9 Å². The van der Waals surface area contributed by atoms with E-state index in [0.29, 0.717) is 37.6 Å². The Bertz CT molecular complexity index is 1080. The van der Waals surface area contributed by atoms with Gasteiger partial charge in [0.15, 0.2) is 0 Å². The molecule has 3 rings (SSSR count). The number of rotatable bonds is 7. The molecule has 1 atom stereocenters. The van der Waals surface area contributed by atoms with Gasteiger partial charge in [-0.25, -0.2) is 0 Å².